The summed E-state index contributed by atoms with van der Waals surface area (Å²) in [5.41, 5.74) is 0. The predicted molar refractivity (Wildman–Crippen MR) is 53.3 cm³/mol. The first kappa shape index (κ1) is 10.3. The number of terminal acetylenes is 1. The summed E-state index contributed by atoms with van der Waals surface area (Å²) in [6.45, 7) is 3.59. The van der Waals surface area contributed by atoms with E-state index in [-0.39, 0.29) is 11.8 Å². The van der Waals surface area contributed by atoms with E-state index < -0.39 is 0 Å². The molecule has 1 aliphatic heterocycles. The average Bonchev–Trinajstić information content (AvgIpc) is 2.15. The zero-order chi connectivity index (χ0) is 9.68. The molecule has 0 N–H and O–H groups in total. The Hall–Kier alpha value is -0.810. The summed E-state index contributed by atoms with van der Waals surface area (Å²) in [7, 11) is 0. The molecular weight excluding hydrogens is 162 g/mol. The van der Waals surface area contributed by atoms with Crippen LogP contribution < -0.4 is 0 Å². The second-order valence-electron chi connectivity index (χ2n) is 3.61. The third-order valence-corrected chi connectivity index (χ3v) is 2.63. The van der Waals surface area contributed by atoms with Gasteiger partial charge in [0.1, 0.15) is 5.78 Å². The molecule has 0 aromatic carbocycles. The lowest BCUT2D eigenvalue weighted by Crippen LogP contribution is -2.44. The van der Waals surface area contributed by atoms with Crippen LogP contribution >= 0.6 is 0 Å². The zero-order valence-electron chi connectivity index (χ0n) is 8.25. The van der Waals surface area contributed by atoms with Crippen molar-refractivity contribution < 1.29 is 4.79 Å². The maximum absolute atomic E-state index is 11.3. The predicted octanol–water partition coefficient (Wildman–Crippen LogP) is 1.45. The van der Waals surface area contributed by atoms with Crippen LogP contribution in [-0.2, 0) is 4.79 Å². The van der Waals surface area contributed by atoms with Crippen LogP contribution in [0.15, 0.2) is 0 Å². The first-order valence-electron chi connectivity index (χ1n) is 4.93. The summed E-state index contributed by atoms with van der Waals surface area (Å²) < 4.78 is 0. The number of likely N-dealkylation sites (tertiary alicyclic amines) is 1. The van der Waals surface area contributed by atoms with Crippen molar-refractivity contribution >= 4 is 5.78 Å². The molecule has 2 nitrogen and oxygen atoms in total. The van der Waals surface area contributed by atoms with Gasteiger partial charge in [0.25, 0.3) is 0 Å². The SMILES string of the molecule is C#CCCN1CCCCC1C(C)=O. The molecular formula is C11H17NO. The van der Waals surface area contributed by atoms with E-state index in [1.807, 2.05) is 0 Å². The van der Waals surface area contributed by atoms with Crippen LogP contribution in [0.25, 0.3) is 0 Å². The molecule has 0 spiro atoms. The Morgan fingerprint density at radius 2 is 2.38 bits per heavy atom. The maximum Gasteiger partial charge on any atom is 0.146 e. The van der Waals surface area contributed by atoms with Crippen LogP contribution in [0.1, 0.15) is 32.6 Å². The average molecular weight is 179 g/mol. The van der Waals surface area contributed by atoms with Gasteiger partial charge < -0.3 is 0 Å². The van der Waals surface area contributed by atoms with Gasteiger partial charge in [-0.25, -0.2) is 0 Å². The van der Waals surface area contributed by atoms with Crippen molar-refractivity contribution in [1.29, 1.82) is 0 Å². The lowest BCUT2D eigenvalue weighted by molar-refractivity contribution is -0.123. The molecule has 0 aromatic heterocycles. The van der Waals surface area contributed by atoms with Gasteiger partial charge in [0, 0.05) is 13.0 Å². The van der Waals surface area contributed by atoms with Crippen molar-refractivity contribution in [3.8, 4) is 12.3 Å². The van der Waals surface area contributed by atoms with E-state index in [9.17, 15) is 4.79 Å². The van der Waals surface area contributed by atoms with E-state index in [0.717, 1.165) is 25.9 Å². The summed E-state index contributed by atoms with van der Waals surface area (Å²) in [5, 5.41) is 0. The van der Waals surface area contributed by atoms with Gasteiger partial charge >= 0.3 is 0 Å². The smallest absolute Gasteiger partial charge is 0.146 e. The van der Waals surface area contributed by atoms with Gasteiger partial charge in [0.05, 0.1) is 6.04 Å². The van der Waals surface area contributed by atoms with E-state index in [1.165, 1.54) is 12.8 Å². The number of hydrogen-bond donors (Lipinski definition) is 0. The van der Waals surface area contributed by atoms with E-state index in [4.69, 9.17) is 6.42 Å². The third-order valence-electron chi connectivity index (χ3n) is 2.63. The van der Waals surface area contributed by atoms with Crippen LogP contribution in [0.3, 0.4) is 0 Å². The van der Waals surface area contributed by atoms with Gasteiger partial charge in [-0.1, -0.05) is 6.42 Å². The topological polar surface area (TPSA) is 20.3 Å². The van der Waals surface area contributed by atoms with E-state index in [2.05, 4.69) is 10.8 Å². The molecule has 72 valence electrons. The Bertz CT molecular complexity index is 217. The van der Waals surface area contributed by atoms with Gasteiger partial charge in [0.2, 0.25) is 0 Å². The van der Waals surface area contributed by atoms with Crippen molar-refractivity contribution in [2.75, 3.05) is 13.1 Å². The molecule has 0 aliphatic carbocycles. The number of carbonyl (C=O) groups excluding carboxylic acids is 1. The van der Waals surface area contributed by atoms with Crippen molar-refractivity contribution in [2.24, 2.45) is 0 Å². The molecule has 1 rings (SSSR count). The van der Waals surface area contributed by atoms with Crippen molar-refractivity contribution in [3.05, 3.63) is 0 Å². The molecule has 0 saturated carbocycles. The molecule has 1 atom stereocenters. The summed E-state index contributed by atoms with van der Waals surface area (Å²) in [5.74, 6) is 2.91. The Balaban J connectivity index is 2.47. The molecule has 0 amide bonds. The molecule has 1 fully saturated rings. The highest BCUT2D eigenvalue weighted by Gasteiger charge is 2.24. The Morgan fingerprint density at radius 3 is 3.00 bits per heavy atom. The molecule has 0 bridgehead atoms. The van der Waals surface area contributed by atoms with Crippen LogP contribution in [0, 0.1) is 12.3 Å². The largest absolute Gasteiger partial charge is 0.298 e. The lowest BCUT2D eigenvalue weighted by atomic mass is 9.99. The monoisotopic (exact) mass is 179 g/mol. The number of ketones is 1. The molecule has 1 unspecified atom stereocenters. The highest BCUT2D eigenvalue weighted by atomic mass is 16.1. The minimum atomic E-state index is 0.141. The van der Waals surface area contributed by atoms with Gasteiger partial charge in [-0.15, -0.1) is 12.3 Å². The lowest BCUT2D eigenvalue weighted by Gasteiger charge is -2.33. The minimum Gasteiger partial charge on any atom is -0.298 e. The van der Waals surface area contributed by atoms with Crippen LogP contribution in [-0.4, -0.2) is 29.8 Å². The number of Topliss-reactive ketones (excluding diaryl/α,β-unsaturated/α-hetero) is 1. The highest BCUT2D eigenvalue weighted by molar-refractivity contribution is 5.81. The quantitative estimate of drug-likeness (QED) is 0.611. The molecule has 1 aliphatic rings. The van der Waals surface area contributed by atoms with Crippen molar-refractivity contribution in [3.63, 3.8) is 0 Å². The number of nitrogens with zero attached hydrogens (tertiary/aromatic N) is 1. The molecule has 13 heavy (non-hydrogen) atoms. The maximum atomic E-state index is 11.3. The highest BCUT2D eigenvalue weighted by Crippen LogP contribution is 2.17. The minimum absolute atomic E-state index is 0.141. The summed E-state index contributed by atoms with van der Waals surface area (Å²) in [6.07, 6.45) is 9.35. The third kappa shape index (κ3) is 2.86. The molecule has 0 aromatic rings. The normalized spacial score (nSPS) is 23.8. The Morgan fingerprint density at radius 1 is 1.62 bits per heavy atom. The van der Waals surface area contributed by atoms with Gasteiger partial charge in [-0.05, 0) is 26.3 Å². The summed E-state index contributed by atoms with van der Waals surface area (Å²) in [4.78, 5) is 13.5. The summed E-state index contributed by atoms with van der Waals surface area (Å²) in [6, 6.07) is 0.141. The van der Waals surface area contributed by atoms with Gasteiger partial charge in [-0.2, -0.15) is 0 Å². The standard InChI is InChI=1S/C11H17NO/c1-3-4-8-12-9-6-5-7-11(12)10(2)13/h1,11H,4-9H2,2H3. The fourth-order valence-electron chi connectivity index (χ4n) is 1.93. The van der Waals surface area contributed by atoms with Crippen LogP contribution in [0.4, 0.5) is 0 Å². The van der Waals surface area contributed by atoms with Gasteiger partial charge in [0.15, 0.2) is 0 Å². The molecule has 1 heterocycles. The number of hydrogen-bond acceptors (Lipinski definition) is 2. The fourth-order valence-corrected chi connectivity index (χ4v) is 1.93. The van der Waals surface area contributed by atoms with E-state index in [0.29, 0.717) is 0 Å². The van der Waals surface area contributed by atoms with E-state index in [1.54, 1.807) is 6.92 Å². The first-order valence-corrected chi connectivity index (χ1v) is 4.93. The zero-order valence-corrected chi connectivity index (χ0v) is 8.25. The van der Waals surface area contributed by atoms with Crippen LogP contribution in [0.5, 0.6) is 0 Å². The van der Waals surface area contributed by atoms with E-state index >= 15 is 0 Å². The van der Waals surface area contributed by atoms with Crippen LogP contribution in [0.2, 0.25) is 0 Å². The number of rotatable bonds is 3. The molecule has 1 saturated heterocycles. The molecule has 2 heteroatoms. The van der Waals surface area contributed by atoms with Crippen molar-refractivity contribution in [1.82, 2.24) is 4.90 Å². The number of carbonyl (C=O) groups is 1. The second kappa shape index (κ2) is 5.04. The van der Waals surface area contributed by atoms with Crippen molar-refractivity contribution in [2.45, 2.75) is 38.6 Å². The first-order chi connectivity index (χ1) is 6.25. The Labute approximate surface area is 80.3 Å². The summed E-state index contributed by atoms with van der Waals surface area (Å²) >= 11 is 0. The van der Waals surface area contributed by atoms with Gasteiger partial charge in [-0.3, -0.25) is 9.69 Å². The number of piperidine rings is 1. The second-order valence-corrected chi connectivity index (χ2v) is 3.61. The Kier molecular flexibility index (Phi) is 3.98. The molecule has 0 radical (unpaired) electrons. The fraction of sp³-hybridized carbons (Fsp3) is 0.727.